The van der Waals surface area contributed by atoms with Gasteiger partial charge in [-0.25, -0.2) is 4.79 Å². The second-order valence-electron chi connectivity index (χ2n) is 4.81. The first kappa shape index (κ1) is 16.7. The minimum absolute atomic E-state index is 0.254. The van der Waals surface area contributed by atoms with Gasteiger partial charge in [-0.05, 0) is 31.0 Å². The van der Waals surface area contributed by atoms with E-state index in [0.29, 0.717) is 6.42 Å². The van der Waals surface area contributed by atoms with Crippen LogP contribution in [-0.4, -0.2) is 23.0 Å². The Kier molecular flexibility index (Phi) is 6.71. The molecule has 0 bridgehead atoms. The molecule has 2 N–H and O–H groups in total. The Balaban J connectivity index is 2.68. The number of hydrogen-bond donors (Lipinski definition) is 2. The van der Waals surface area contributed by atoms with Crippen LogP contribution in [0.25, 0.3) is 0 Å². The Labute approximate surface area is 127 Å². The predicted molar refractivity (Wildman–Crippen MR) is 81.6 cm³/mol. The summed E-state index contributed by atoms with van der Waals surface area (Å²) in [7, 11) is 0. The Morgan fingerprint density at radius 1 is 1.30 bits per heavy atom. The van der Waals surface area contributed by atoms with Gasteiger partial charge in [0.05, 0.1) is 5.92 Å². The van der Waals surface area contributed by atoms with Crippen molar-refractivity contribution in [1.82, 2.24) is 5.32 Å². The maximum atomic E-state index is 12.1. The molecule has 0 heterocycles. The molecule has 1 aromatic carbocycles. The van der Waals surface area contributed by atoms with Crippen LogP contribution in [0, 0.1) is 0 Å². The number of hydrogen-bond acceptors (Lipinski definition) is 2. The number of halogens is 1. The van der Waals surface area contributed by atoms with Gasteiger partial charge in [0.25, 0.3) is 0 Å². The molecule has 5 heteroatoms. The molecule has 1 amide bonds. The quantitative estimate of drug-likeness (QED) is 0.799. The van der Waals surface area contributed by atoms with E-state index in [0.717, 1.165) is 22.9 Å². The zero-order valence-corrected chi connectivity index (χ0v) is 13.3. The minimum atomic E-state index is -0.977. The average molecular weight is 342 g/mol. The molecule has 0 radical (unpaired) electrons. The number of rotatable bonds is 7. The lowest BCUT2D eigenvalue weighted by molar-refractivity contribution is -0.142. The monoisotopic (exact) mass is 341 g/mol. The third-order valence-electron chi connectivity index (χ3n) is 3.22. The van der Waals surface area contributed by atoms with Gasteiger partial charge in [0.15, 0.2) is 0 Å². The van der Waals surface area contributed by atoms with Crippen LogP contribution in [0.5, 0.6) is 0 Å². The lowest BCUT2D eigenvalue weighted by Gasteiger charge is -2.18. The summed E-state index contributed by atoms with van der Waals surface area (Å²) < 4.78 is 0.945. The van der Waals surface area contributed by atoms with E-state index in [-0.39, 0.29) is 11.8 Å². The Hall–Kier alpha value is -1.36. The van der Waals surface area contributed by atoms with Crippen molar-refractivity contribution in [2.75, 3.05) is 0 Å². The number of carboxylic acid groups (broad SMARTS) is 1. The molecule has 2 atom stereocenters. The highest BCUT2D eigenvalue weighted by Crippen LogP contribution is 2.19. The van der Waals surface area contributed by atoms with Crippen molar-refractivity contribution in [3.63, 3.8) is 0 Å². The number of benzene rings is 1. The second kappa shape index (κ2) is 8.04. The predicted octanol–water partition coefficient (Wildman–Crippen LogP) is 3.31. The molecule has 1 aromatic rings. The third-order valence-corrected chi connectivity index (χ3v) is 3.75. The average Bonchev–Trinajstić information content (AvgIpc) is 2.42. The molecule has 110 valence electrons. The van der Waals surface area contributed by atoms with E-state index < -0.39 is 12.0 Å². The number of nitrogens with one attached hydrogen (secondary N) is 1. The summed E-state index contributed by atoms with van der Waals surface area (Å²) in [5.74, 6) is -1.60. The molecule has 0 saturated carbocycles. The van der Waals surface area contributed by atoms with E-state index in [9.17, 15) is 9.59 Å². The third kappa shape index (κ3) is 4.96. The van der Waals surface area contributed by atoms with E-state index in [1.165, 1.54) is 0 Å². The van der Waals surface area contributed by atoms with Crippen LogP contribution in [-0.2, 0) is 9.59 Å². The van der Waals surface area contributed by atoms with Crippen molar-refractivity contribution in [3.05, 3.63) is 34.3 Å². The topological polar surface area (TPSA) is 66.4 Å². The standard InChI is InChI=1S/C15H20BrNO3/c1-3-4-5-13(15(19)20)17-14(18)10(2)11-6-8-12(16)9-7-11/h6-10,13H,3-5H2,1-2H3,(H,17,18)(H,19,20). The van der Waals surface area contributed by atoms with Gasteiger partial charge in [-0.1, -0.05) is 47.8 Å². The van der Waals surface area contributed by atoms with Crippen LogP contribution < -0.4 is 5.32 Å². The van der Waals surface area contributed by atoms with E-state index in [2.05, 4.69) is 21.2 Å². The fourth-order valence-electron chi connectivity index (χ4n) is 1.87. The maximum Gasteiger partial charge on any atom is 0.326 e. The summed E-state index contributed by atoms with van der Waals surface area (Å²) in [6.45, 7) is 3.77. The van der Waals surface area contributed by atoms with Gasteiger partial charge >= 0.3 is 5.97 Å². The molecule has 4 nitrogen and oxygen atoms in total. The molecule has 2 unspecified atom stereocenters. The number of aliphatic carboxylic acids is 1. The molecule has 0 aliphatic carbocycles. The first-order chi connectivity index (χ1) is 9.45. The number of unbranched alkanes of at least 4 members (excludes halogenated alkanes) is 1. The summed E-state index contributed by atoms with van der Waals surface area (Å²) in [4.78, 5) is 23.2. The van der Waals surface area contributed by atoms with Gasteiger partial charge in [-0.2, -0.15) is 0 Å². The van der Waals surface area contributed by atoms with E-state index >= 15 is 0 Å². The largest absolute Gasteiger partial charge is 0.480 e. The highest BCUT2D eigenvalue weighted by atomic mass is 79.9. The van der Waals surface area contributed by atoms with Gasteiger partial charge < -0.3 is 10.4 Å². The van der Waals surface area contributed by atoms with Gasteiger partial charge in [0, 0.05) is 4.47 Å². The molecular weight excluding hydrogens is 322 g/mol. The summed E-state index contributed by atoms with van der Waals surface area (Å²) >= 11 is 3.34. The SMILES string of the molecule is CCCCC(NC(=O)C(C)c1ccc(Br)cc1)C(=O)O. The number of amides is 1. The van der Waals surface area contributed by atoms with Gasteiger partial charge in [-0.3, -0.25) is 4.79 Å². The van der Waals surface area contributed by atoms with Gasteiger partial charge in [-0.15, -0.1) is 0 Å². The Morgan fingerprint density at radius 3 is 2.40 bits per heavy atom. The van der Waals surface area contributed by atoms with Crippen LogP contribution in [0.1, 0.15) is 44.6 Å². The van der Waals surface area contributed by atoms with E-state index in [4.69, 9.17) is 5.11 Å². The summed E-state index contributed by atoms with van der Waals surface area (Å²) in [6.07, 6.45) is 2.15. The van der Waals surface area contributed by atoms with Crippen molar-refractivity contribution >= 4 is 27.8 Å². The van der Waals surface area contributed by atoms with Crippen LogP contribution in [0.3, 0.4) is 0 Å². The van der Waals surface area contributed by atoms with E-state index in [1.807, 2.05) is 31.2 Å². The van der Waals surface area contributed by atoms with Crippen molar-refractivity contribution in [3.8, 4) is 0 Å². The maximum absolute atomic E-state index is 12.1. The normalized spacial score (nSPS) is 13.6. The summed E-state index contributed by atoms with van der Waals surface area (Å²) in [6, 6.07) is 6.64. The molecule has 0 aliphatic rings. The number of carbonyl (C=O) groups is 2. The first-order valence-corrected chi connectivity index (χ1v) is 7.53. The highest BCUT2D eigenvalue weighted by molar-refractivity contribution is 9.10. The molecule has 0 saturated heterocycles. The van der Waals surface area contributed by atoms with Crippen molar-refractivity contribution in [2.45, 2.75) is 45.1 Å². The van der Waals surface area contributed by atoms with Crippen LogP contribution in [0.4, 0.5) is 0 Å². The number of carbonyl (C=O) groups excluding carboxylic acids is 1. The minimum Gasteiger partial charge on any atom is -0.480 e. The smallest absolute Gasteiger partial charge is 0.326 e. The lowest BCUT2D eigenvalue weighted by Crippen LogP contribution is -2.42. The molecule has 20 heavy (non-hydrogen) atoms. The fourth-order valence-corrected chi connectivity index (χ4v) is 2.13. The fraction of sp³-hybridized carbons (Fsp3) is 0.467. The first-order valence-electron chi connectivity index (χ1n) is 6.74. The lowest BCUT2D eigenvalue weighted by atomic mass is 9.99. The van der Waals surface area contributed by atoms with Gasteiger partial charge in [0.2, 0.25) is 5.91 Å². The molecule has 0 fully saturated rings. The highest BCUT2D eigenvalue weighted by Gasteiger charge is 2.23. The van der Waals surface area contributed by atoms with Crippen molar-refractivity contribution in [1.29, 1.82) is 0 Å². The molecule has 0 aliphatic heterocycles. The Morgan fingerprint density at radius 2 is 1.90 bits per heavy atom. The van der Waals surface area contributed by atoms with Crippen LogP contribution >= 0.6 is 15.9 Å². The number of carboxylic acids is 1. The van der Waals surface area contributed by atoms with Crippen LogP contribution in [0.15, 0.2) is 28.7 Å². The zero-order valence-electron chi connectivity index (χ0n) is 11.7. The Bertz CT molecular complexity index is 459. The van der Waals surface area contributed by atoms with E-state index in [1.54, 1.807) is 6.92 Å². The second-order valence-corrected chi connectivity index (χ2v) is 5.73. The van der Waals surface area contributed by atoms with Crippen molar-refractivity contribution in [2.24, 2.45) is 0 Å². The summed E-state index contributed by atoms with van der Waals surface area (Å²) in [5, 5.41) is 11.7. The molecule has 0 spiro atoms. The molecule has 0 aromatic heterocycles. The molecular formula is C15H20BrNO3. The zero-order chi connectivity index (χ0) is 15.1. The van der Waals surface area contributed by atoms with Crippen molar-refractivity contribution < 1.29 is 14.7 Å². The van der Waals surface area contributed by atoms with Gasteiger partial charge in [0.1, 0.15) is 6.04 Å². The van der Waals surface area contributed by atoms with Crippen LogP contribution in [0.2, 0.25) is 0 Å². The summed E-state index contributed by atoms with van der Waals surface area (Å²) in [5.41, 5.74) is 0.866. The molecule has 1 rings (SSSR count).